The van der Waals surface area contributed by atoms with E-state index in [1.54, 1.807) is 0 Å². The molecule has 114 valence electrons. The van der Waals surface area contributed by atoms with Crippen LogP contribution in [0.1, 0.15) is 38.3 Å². The van der Waals surface area contributed by atoms with Crippen LogP contribution in [0.5, 0.6) is 5.75 Å². The lowest BCUT2D eigenvalue weighted by atomic mass is 10.1. The summed E-state index contributed by atoms with van der Waals surface area (Å²) in [7, 11) is 0. The van der Waals surface area contributed by atoms with Crippen LogP contribution in [0.4, 0.5) is 0 Å². The van der Waals surface area contributed by atoms with Crippen molar-refractivity contribution in [2.75, 3.05) is 31.3 Å². The van der Waals surface area contributed by atoms with Crippen LogP contribution in [0.2, 0.25) is 0 Å². The Kier molecular flexibility index (Phi) is 9.54. The van der Waals surface area contributed by atoms with Crippen molar-refractivity contribution in [1.82, 2.24) is 5.32 Å². The number of hydrogen-bond donors (Lipinski definition) is 2. The second-order valence-electron chi connectivity index (χ2n) is 4.63. The van der Waals surface area contributed by atoms with Gasteiger partial charge in [0, 0.05) is 24.0 Å². The molecular weight excluding hydrogens is 270 g/mol. The van der Waals surface area contributed by atoms with Crippen molar-refractivity contribution >= 4 is 11.8 Å². The summed E-state index contributed by atoms with van der Waals surface area (Å²) >= 11 is 1.88. The molecule has 0 bridgehead atoms. The van der Waals surface area contributed by atoms with Gasteiger partial charge in [0.05, 0.1) is 6.61 Å². The zero-order valence-electron chi connectivity index (χ0n) is 12.6. The number of nitrogens with one attached hydrogen (secondary N) is 1. The number of aliphatic hydroxyl groups excluding tert-OH is 1. The van der Waals surface area contributed by atoms with Crippen LogP contribution in [-0.4, -0.2) is 36.4 Å². The zero-order chi connectivity index (χ0) is 14.6. The first-order valence-electron chi connectivity index (χ1n) is 7.47. The molecule has 0 aliphatic carbocycles. The lowest BCUT2D eigenvalue weighted by molar-refractivity contribution is 0.296. The van der Waals surface area contributed by atoms with Gasteiger partial charge in [-0.05, 0) is 38.1 Å². The van der Waals surface area contributed by atoms with E-state index >= 15 is 0 Å². The molecular formula is C16H27NO2S. The summed E-state index contributed by atoms with van der Waals surface area (Å²) < 4.78 is 5.74. The normalized spacial score (nSPS) is 12.3. The van der Waals surface area contributed by atoms with E-state index in [2.05, 4.69) is 24.4 Å². The molecule has 4 heteroatoms. The van der Waals surface area contributed by atoms with Gasteiger partial charge in [-0.15, -0.1) is 0 Å². The summed E-state index contributed by atoms with van der Waals surface area (Å²) in [5.74, 6) is 2.98. The van der Waals surface area contributed by atoms with Gasteiger partial charge in [0.1, 0.15) is 5.75 Å². The summed E-state index contributed by atoms with van der Waals surface area (Å²) in [5, 5.41) is 12.5. The van der Waals surface area contributed by atoms with Gasteiger partial charge in [-0.25, -0.2) is 0 Å². The molecule has 0 aliphatic heterocycles. The zero-order valence-corrected chi connectivity index (χ0v) is 13.4. The van der Waals surface area contributed by atoms with Gasteiger partial charge in [-0.3, -0.25) is 0 Å². The highest BCUT2D eigenvalue weighted by Gasteiger charge is 2.15. The van der Waals surface area contributed by atoms with Gasteiger partial charge in [-0.1, -0.05) is 25.1 Å². The Hall–Kier alpha value is -0.710. The minimum absolute atomic E-state index is 0.273. The highest BCUT2D eigenvalue weighted by molar-refractivity contribution is 7.99. The Morgan fingerprint density at radius 2 is 2.10 bits per heavy atom. The van der Waals surface area contributed by atoms with Crippen molar-refractivity contribution < 1.29 is 9.84 Å². The molecule has 0 saturated heterocycles. The Labute approximate surface area is 127 Å². The molecule has 0 heterocycles. The van der Waals surface area contributed by atoms with Gasteiger partial charge in [0.25, 0.3) is 0 Å². The topological polar surface area (TPSA) is 41.5 Å². The smallest absolute Gasteiger partial charge is 0.124 e. The fraction of sp³-hybridized carbons (Fsp3) is 0.625. The van der Waals surface area contributed by atoms with Gasteiger partial charge < -0.3 is 15.2 Å². The molecule has 1 rings (SSSR count). The molecule has 0 radical (unpaired) electrons. The Bertz CT molecular complexity index is 360. The monoisotopic (exact) mass is 297 g/mol. The van der Waals surface area contributed by atoms with E-state index in [0.29, 0.717) is 12.6 Å². The van der Waals surface area contributed by atoms with E-state index in [1.807, 2.05) is 30.8 Å². The molecule has 0 aromatic heterocycles. The molecule has 2 N–H and O–H groups in total. The largest absolute Gasteiger partial charge is 0.494 e. The first kappa shape index (κ1) is 17.3. The summed E-state index contributed by atoms with van der Waals surface area (Å²) in [6.45, 7) is 6.16. The van der Waals surface area contributed by atoms with Gasteiger partial charge >= 0.3 is 0 Å². The molecule has 1 unspecified atom stereocenters. The van der Waals surface area contributed by atoms with Crippen LogP contribution in [0.3, 0.4) is 0 Å². The third kappa shape index (κ3) is 6.16. The predicted octanol–water partition coefficient (Wildman–Crippen LogP) is 3.24. The van der Waals surface area contributed by atoms with E-state index in [1.165, 1.54) is 5.56 Å². The predicted molar refractivity (Wildman–Crippen MR) is 87.7 cm³/mol. The molecule has 20 heavy (non-hydrogen) atoms. The molecule has 1 aromatic rings. The lowest BCUT2D eigenvalue weighted by Gasteiger charge is -2.21. The molecule has 1 aromatic carbocycles. The van der Waals surface area contributed by atoms with Crippen molar-refractivity contribution in [3.8, 4) is 5.75 Å². The number of thioether (sulfide) groups is 1. The van der Waals surface area contributed by atoms with Gasteiger partial charge in [-0.2, -0.15) is 11.8 Å². The third-order valence-corrected chi connectivity index (χ3v) is 4.11. The van der Waals surface area contributed by atoms with Crippen molar-refractivity contribution in [2.45, 2.75) is 32.7 Å². The Balaban J connectivity index is 2.70. The number of para-hydroxylation sites is 1. The van der Waals surface area contributed by atoms with Crippen LogP contribution in [-0.2, 0) is 0 Å². The average molecular weight is 297 g/mol. The van der Waals surface area contributed by atoms with Crippen LogP contribution in [0.15, 0.2) is 24.3 Å². The van der Waals surface area contributed by atoms with Gasteiger partial charge in [0.2, 0.25) is 0 Å². The first-order valence-corrected chi connectivity index (χ1v) is 8.62. The van der Waals surface area contributed by atoms with Crippen LogP contribution in [0.25, 0.3) is 0 Å². The van der Waals surface area contributed by atoms with Crippen LogP contribution in [0, 0.1) is 0 Å². The quantitative estimate of drug-likeness (QED) is 0.615. The van der Waals surface area contributed by atoms with Crippen LogP contribution < -0.4 is 10.1 Å². The maximum absolute atomic E-state index is 8.86. The third-order valence-electron chi connectivity index (χ3n) is 2.97. The highest BCUT2D eigenvalue weighted by Crippen LogP contribution is 2.27. The second-order valence-corrected chi connectivity index (χ2v) is 5.78. The molecule has 0 amide bonds. The minimum atomic E-state index is 0.273. The summed E-state index contributed by atoms with van der Waals surface area (Å²) in [5.41, 5.74) is 1.24. The molecule has 0 fully saturated rings. The number of benzene rings is 1. The van der Waals surface area contributed by atoms with Crippen molar-refractivity contribution in [1.29, 1.82) is 0 Å². The molecule has 1 atom stereocenters. The van der Waals surface area contributed by atoms with E-state index in [-0.39, 0.29) is 6.61 Å². The Morgan fingerprint density at radius 3 is 2.80 bits per heavy atom. The standard InChI is InChI=1S/C16H27NO2S/c1-3-10-17-15(13-20-12-7-11-18)14-8-5-6-9-16(14)19-4-2/h5-6,8-9,15,17-18H,3-4,7,10-13H2,1-2H3. The van der Waals surface area contributed by atoms with E-state index in [9.17, 15) is 0 Å². The molecule has 0 spiro atoms. The maximum Gasteiger partial charge on any atom is 0.124 e. The number of aliphatic hydroxyl groups is 1. The van der Waals surface area contributed by atoms with Crippen LogP contribution >= 0.6 is 11.8 Å². The molecule has 0 saturated carbocycles. The van der Waals surface area contributed by atoms with Crippen molar-refractivity contribution in [2.24, 2.45) is 0 Å². The first-order chi connectivity index (χ1) is 9.83. The molecule has 3 nitrogen and oxygen atoms in total. The molecule has 0 aliphatic rings. The van der Waals surface area contributed by atoms with Crippen molar-refractivity contribution in [3.63, 3.8) is 0 Å². The van der Waals surface area contributed by atoms with Crippen molar-refractivity contribution in [3.05, 3.63) is 29.8 Å². The SMILES string of the molecule is CCCNC(CSCCCO)c1ccccc1OCC. The highest BCUT2D eigenvalue weighted by atomic mass is 32.2. The number of hydrogen-bond acceptors (Lipinski definition) is 4. The Morgan fingerprint density at radius 1 is 1.30 bits per heavy atom. The maximum atomic E-state index is 8.86. The minimum Gasteiger partial charge on any atom is -0.494 e. The summed E-state index contributed by atoms with van der Waals surface area (Å²) in [4.78, 5) is 0. The number of rotatable bonds is 11. The fourth-order valence-corrected chi connectivity index (χ4v) is 3.03. The van der Waals surface area contributed by atoms with E-state index in [0.717, 1.165) is 36.6 Å². The average Bonchev–Trinajstić information content (AvgIpc) is 2.48. The van der Waals surface area contributed by atoms with Gasteiger partial charge in [0.15, 0.2) is 0 Å². The second kappa shape index (κ2) is 11.0. The summed E-state index contributed by atoms with van der Waals surface area (Å²) in [6, 6.07) is 8.57. The summed E-state index contributed by atoms with van der Waals surface area (Å²) in [6.07, 6.45) is 1.98. The lowest BCUT2D eigenvalue weighted by Crippen LogP contribution is -2.25. The van der Waals surface area contributed by atoms with E-state index in [4.69, 9.17) is 9.84 Å². The fourth-order valence-electron chi connectivity index (χ4n) is 2.00. The number of ether oxygens (including phenoxy) is 1. The van der Waals surface area contributed by atoms with E-state index < -0.39 is 0 Å².